The summed E-state index contributed by atoms with van der Waals surface area (Å²) in [7, 11) is -3.83. The number of piperidine rings is 1. The number of thiophene rings is 1. The molecule has 48 heavy (non-hydrogen) atoms. The molecular formula is C32H29Cl2F3N6O3S2. The topological polar surface area (TPSA) is 99.6 Å². The average Bonchev–Trinajstić information content (AvgIpc) is 3.63. The van der Waals surface area contributed by atoms with Crippen LogP contribution in [0.25, 0.3) is 16.3 Å². The Morgan fingerprint density at radius 2 is 1.67 bits per heavy atom. The molecule has 0 atom stereocenters. The molecule has 0 unspecified atom stereocenters. The molecule has 2 fully saturated rings. The lowest BCUT2D eigenvalue weighted by molar-refractivity contribution is -0.137. The van der Waals surface area contributed by atoms with Crippen LogP contribution in [0.5, 0.6) is 0 Å². The minimum Gasteiger partial charge on any atom is -0.283 e. The minimum atomic E-state index is -4.45. The molecule has 2 saturated heterocycles. The number of alkyl halides is 3. The maximum Gasteiger partial charge on any atom is 0.416 e. The van der Waals surface area contributed by atoms with Crippen molar-refractivity contribution in [1.82, 2.24) is 29.2 Å². The fraction of sp³-hybridized carbons (Fsp3) is 0.312. The van der Waals surface area contributed by atoms with Crippen molar-refractivity contribution in [3.63, 3.8) is 0 Å². The van der Waals surface area contributed by atoms with Crippen LogP contribution in [-0.2, 0) is 22.9 Å². The molecule has 4 aromatic rings. The van der Waals surface area contributed by atoms with Crippen molar-refractivity contribution in [2.75, 3.05) is 26.2 Å². The molecule has 6 rings (SSSR count). The lowest BCUT2D eigenvalue weighted by Crippen LogP contribution is -2.48. The van der Waals surface area contributed by atoms with E-state index in [9.17, 15) is 26.4 Å². The van der Waals surface area contributed by atoms with E-state index in [-0.39, 0.29) is 17.3 Å². The van der Waals surface area contributed by atoms with E-state index in [2.05, 4.69) is 22.0 Å². The summed E-state index contributed by atoms with van der Waals surface area (Å²) in [5.41, 5.74) is 3.72. The summed E-state index contributed by atoms with van der Waals surface area (Å²) < 4.78 is 70.6. The number of amides is 1. The van der Waals surface area contributed by atoms with E-state index in [1.165, 1.54) is 32.5 Å². The summed E-state index contributed by atoms with van der Waals surface area (Å²) in [6.45, 7) is 1.90. The molecule has 2 aliphatic heterocycles. The fourth-order valence-corrected chi connectivity index (χ4v) is 7.93. The van der Waals surface area contributed by atoms with Crippen LogP contribution in [0.3, 0.4) is 0 Å². The van der Waals surface area contributed by atoms with Crippen molar-refractivity contribution >= 4 is 50.7 Å². The van der Waals surface area contributed by atoms with Crippen molar-refractivity contribution < 1.29 is 26.4 Å². The van der Waals surface area contributed by atoms with Crippen LogP contribution in [0.4, 0.5) is 13.2 Å². The summed E-state index contributed by atoms with van der Waals surface area (Å²) in [4.78, 5) is 15.0. The lowest BCUT2D eigenvalue weighted by Gasteiger charge is -2.29. The van der Waals surface area contributed by atoms with E-state index in [0.29, 0.717) is 63.5 Å². The van der Waals surface area contributed by atoms with E-state index >= 15 is 0 Å². The predicted octanol–water partition coefficient (Wildman–Crippen LogP) is 6.50. The third-order valence-electron chi connectivity index (χ3n) is 7.92. The number of halogens is 5. The number of benzene rings is 2. The highest BCUT2D eigenvalue weighted by Gasteiger charge is 2.32. The maximum atomic E-state index is 13.8. The fourth-order valence-electron chi connectivity index (χ4n) is 5.27. The Labute approximate surface area is 289 Å². The Balaban J connectivity index is 1.43. The first-order valence-electron chi connectivity index (χ1n) is 15.1. The van der Waals surface area contributed by atoms with E-state index in [4.69, 9.17) is 28.3 Å². The summed E-state index contributed by atoms with van der Waals surface area (Å²) in [6, 6.07) is 12.9. The number of nitrogens with zero attached hydrogens (tertiary/aromatic N) is 4. The Morgan fingerprint density at radius 1 is 0.938 bits per heavy atom. The SMILES string of the molecule is O=C(NN1CCCCC1)c1nn(-c2ccc(Cl)cc2Cl)c(-c2ccc(C#Cc3ccc(C(F)(F)F)cc3)s2)c1CNS(=O)(=O)N1CCC1. The van der Waals surface area contributed by atoms with Gasteiger partial charge >= 0.3 is 6.18 Å². The molecule has 16 heteroatoms. The molecule has 1 amide bonds. The van der Waals surface area contributed by atoms with E-state index < -0.39 is 27.9 Å². The van der Waals surface area contributed by atoms with Crippen molar-refractivity contribution in [2.45, 2.75) is 38.4 Å². The zero-order valence-corrected chi connectivity index (χ0v) is 28.4. The highest BCUT2D eigenvalue weighted by molar-refractivity contribution is 7.87. The van der Waals surface area contributed by atoms with Crippen LogP contribution in [0.15, 0.2) is 54.6 Å². The number of carbonyl (C=O) groups is 1. The van der Waals surface area contributed by atoms with Crippen LogP contribution in [0.1, 0.15) is 57.7 Å². The van der Waals surface area contributed by atoms with Crippen LogP contribution in [-0.4, -0.2) is 59.6 Å². The van der Waals surface area contributed by atoms with Gasteiger partial charge in [-0.1, -0.05) is 41.5 Å². The summed E-state index contributed by atoms with van der Waals surface area (Å²) >= 11 is 14.1. The molecule has 0 bridgehead atoms. The number of hydrogen-bond acceptors (Lipinski definition) is 6. The third-order valence-corrected chi connectivity index (χ3v) is 11.0. The van der Waals surface area contributed by atoms with E-state index in [1.807, 2.05) is 5.01 Å². The minimum absolute atomic E-state index is 0.0127. The summed E-state index contributed by atoms with van der Waals surface area (Å²) in [5.74, 6) is 5.37. The standard InChI is InChI=1S/C32H29Cl2F3N6O3S2/c33-23-10-13-27(26(34)19-23)43-30(28-14-12-24(47-28)11-7-21-5-8-22(9-6-21)32(35,36)37)25(20-38-48(45,46)42-17-4-18-42)29(39-43)31(44)40-41-15-2-1-3-16-41/h5-6,8-10,12-14,19,38H,1-4,15-18,20H2,(H,40,44). The van der Waals surface area contributed by atoms with Gasteiger partial charge in [0, 0.05) is 48.9 Å². The van der Waals surface area contributed by atoms with Crippen LogP contribution in [0.2, 0.25) is 10.0 Å². The van der Waals surface area contributed by atoms with Crippen LogP contribution in [0, 0.1) is 11.8 Å². The van der Waals surface area contributed by atoms with Crippen LogP contribution >= 0.6 is 34.5 Å². The highest BCUT2D eigenvalue weighted by Crippen LogP contribution is 2.37. The Hall–Kier alpha value is -3.42. The second kappa shape index (κ2) is 14.2. The van der Waals surface area contributed by atoms with Gasteiger partial charge in [-0.25, -0.2) is 9.69 Å². The normalized spacial score (nSPS) is 15.9. The first kappa shape index (κ1) is 34.4. The van der Waals surface area contributed by atoms with Gasteiger partial charge in [-0.05, 0) is 73.9 Å². The van der Waals surface area contributed by atoms with Gasteiger partial charge in [0.15, 0.2) is 5.69 Å². The molecule has 2 aromatic heterocycles. The molecule has 9 nitrogen and oxygen atoms in total. The molecular weight excluding hydrogens is 708 g/mol. The van der Waals surface area contributed by atoms with Crippen molar-refractivity contribution in [3.05, 3.63) is 91.9 Å². The second-order valence-corrected chi connectivity index (χ2v) is 14.9. The van der Waals surface area contributed by atoms with E-state index in [1.54, 1.807) is 30.3 Å². The van der Waals surface area contributed by atoms with Crippen LogP contribution < -0.4 is 10.1 Å². The first-order valence-corrected chi connectivity index (χ1v) is 18.1. The molecule has 2 aromatic carbocycles. The zero-order valence-electron chi connectivity index (χ0n) is 25.3. The molecule has 2 aliphatic rings. The molecule has 2 N–H and O–H groups in total. The third kappa shape index (κ3) is 7.73. The number of rotatable bonds is 8. The largest absolute Gasteiger partial charge is 0.416 e. The van der Waals surface area contributed by atoms with Gasteiger partial charge in [-0.3, -0.25) is 10.2 Å². The lowest BCUT2D eigenvalue weighted by atomic mass is 10.1. The first-order chi connectivity index (χ1) is 22.9. The Bertz CT molecular complexity index is 1990. The van der Waals surface area contributed by atoms with Gasteiger partial charge < -0.3 is 0 Å². The Morgan fingerprint density at radius 3 is 2.31 bits per heavy atom. The number of aromatic nitrogens is 2. The zero-order chi connectivity index (χ0) is 34.1. The van der Waals surface area contributed by atoms with Crippen molar-refractivity contribution in [2.24, 2.45) is 0 Å². The van der Waals surface area contributed by atoms with Gasteiger partial charge in [-0.2, -0.15) is 35.7 Å². The Kier molecular flexibility index (Phi) is 10.2. The quantitative estimate of drug-likeness (QED) is 0.202. The van der Waals surface area contributed by atoms with Gasteiger partial charge in [0.05, 0.1) is 31.7 Å². The number of hydrogen-bond donors (Lipinski definition) is 2. The number of carbonyl (C=O) groups excluding carboxylic acids is 1. The monoisotopic (exact) mass is 736 g/mol. The summed E-state index contributed by atoms with van der Waals surface area (Å²) in [6.07, 6.45) is -0.780. The van der Waals surface area contributed by atoms with Crippen molar-refractivity contribution in [3.8, 4) is 28.1 Å². The maximum absolute atomic E-state index is 13.8. The van der Waals surface area contributed by atoms with Crippen molar-refractivity contribution in [1.29, 1.82) is 0 Å². The summed E-state index contributed by atoms with van der Waals surface area (Å²) in [5, 5.41) is 7.17. The molecule has 0 spiro atoms. The van der Waals surface area contributed by atoms with Gasteiger partial charge in [0.25, 0.3) is 16.1 Å². The molecule has 0 radical (unpaired) electrons. The van der Waals surface area contributed by atoms with Gasteiger partial charge in [-0.15, -0.1) is 11.3 Å². The van der Waals surface area contributed by atoms with Gasteiger partial charge in [0.1, 0.15) is 0 Å². The molecule has 0 saturated carbocycles. The average molecular weight is 738 g/mol. The van der Waals surface area contributed by atoms with E-state index in [0.717, 1.165) is 37.8 Å². The highest BCUT2D eigenvalue weighted by atomic mass is 35.5. The predicted molar refractivity (Wildman–Crippen MR) is 179 cm³/mol. The molecule has 4 heterocycles. The number of nitrogens with one attached hydrogen (secondary N) is 2. The van der Waals surface area contributed by atoms with Gasteiger partial charge in [0.2, 0.25) is 0 Å². The second-order valence-electron chi connectivity index (χ2n) is 11.2. The number of hydrazine groups is 1. The molecule has 0 aliphatic carbocycles. The smallest absolute Gasteiger partial charge is 0.283 e. The molecule has 252 valence electrons.